The lowest BCUT2D eigenvalue weighted by molar-refractivity contribution is 0.0756. The van der Waals surface area contributed by atoms with Crippen LogP contribution in [-0.2, 0) is 4.74 Å². The van der Waals surface area contributed by atoms with Crippen LogP contribution in [0.4, 0.5) is 0 Å². The maximum atomic E-state index is 5.49. The van der Waals surface area contributed by atoms with Crippen molar-refractivity contribution in [2.75, 3.05) is 33.9 Å². The van der Waals surface area contributed by atoms with Gasteiger partial charge >= 0.3 is 0 Å². The lowest BCUT2D eigenvalue weighted by Crippen LogP contribution is -2.40. The molecule has 0 aromatic carbocycles. The van der Waals surface area contributed by atoms with E-state index >= 15 is 0 Å². The van der Waals surface area contributed by atoms with Gasteiger partial charge in [0.15, 0.2) is 0 Å². The summed E-state index contributed by atoms with van der Waals surface area (Å²) in [5, 5.41) is 3.61. The predicted molar refractivity (Wildman–Crippen MR) is 67.0 cm³/mol. The lowest BCUT2D eigenvalue weighted by atomic mass is 10.1. The van der Waals surface area contributed by atoms with Crippen LogP contribution < -0.4 is 5.32 Å². The van der Waals surface area contributed by atoms with Crippen molar-refractivity contribution < 1.29 is 9.15 Å². The predicted octanol–water partition coefficient (Wildman–Crippen LogP) is 1.65. The number of ether oxygens (including phenoxy) is 1. The van der Waals surface area contributed by atoms with Crippen molar-refractivity contribution >= 4 is 0 Å². The summed E-state index contributed by atoms with van der Waals surface area (Å²) in [6, 6.07) is 4.87. The van der Waals surface area contributed by atoms with E-state index in [4.69, 9.17) is 9.15 Å². The van der Waals surface area contributed by atoms with Gasteiger partial charge in [-0.3, -0.25) is 4.90 Å². The first-order valence-electron chi connectivity index (χ1n) is 6.28. The average molecular weight is 238 g/mol. The second-order valence-corrected chi connectivity index (χ2v) is 4.79. The Bertz CT molecular complexity index is 305. The minimum Gasteiger partial charge on any atom is -0.468 e. The van der Waals surface area contributed by atoms with Crippen LogP contribution in [-0.4, -0.2) is 44.8 Å². The zero-order valence-electron chi connectivity index (χ0n) is 10.7. The number of rotatable bonds is 5. The molecule has 1 aromatic heterocycles. The van der Waals surface area contributed by atoms with E-state index in [-0.39, 0.29) is 0 Å². The summed E-state index contributed by atoms with van der Waals surface area (Å²) < 4.78 is 10.8. The molecule has 0 amide bonds. The van der Waals surface area contributed by atoms with Crippen molar-refractivity contribution in [1.29, 1.82) is 0 Å². The molecule has 1 atom stereocenters. The Balaban J connectivity index is 1.85. The number of likely N-dealkylation sites (N-methyl/N-ethyl adjacent to an activating group) is 1. The van der Waals surface area contributed by atoms with Crippen LogP contribution in [0, 0.1) is 0 Å². The van der Waals surface area contributed by atoms with Gasteiger partial charge in [-0.05, 0) is 39.1 Å². The third-order valence-electron chi connectivity index (χ3n) is 3.32. The van der Waals surface area contributed by atoms with Crippen LogP contribution in [0.25, 0.3) is 0 Å². The monoisotopic (exact) mass is 238 g/mol. The summed E-state index contributed by atoms with van der Waals surface area (Å²) in [4.78, 5) is 2.19. The maximum absolute atomic E-state index is 5.49. The third-order valence-corrected chi connectivity index (χ3v) is 3.32. The highest BCUT2D eigenvalue weighted by Gasteiger charge is 2.19. The molecule has 1 aliphatic heterocycles. The van der Waals surface area contributed by atoms with E-state index in [0.717, 1.165) is 38.4 Å². The molecule has 4 heteroatoms. The fourth-order valence-corrected chi connectivity index (χ4v) is 2.20. The van der Waals surface area contributed by atoms with Crippen molar-refractivity contribution in [3.63, 3.8) is 0 Å². The SMILES string of the molecule is CN(C)C(CNC1CCOCC1)c1ccco1. The number of nitrogens with zero attached hydrogens (tertiary/aromatic N) is 1. The number of nitrogens with one attached hydrogen (secondary N) is 1. The van der Waals surface area contributed by atoms with Crippen LogP contribution in [0.2, 0.25) is 0 Å². The molecule has 96 valence electrons. The van der Waals surface area contributed by atoms with Gasteiger partial charge in [-0.2, -0.15) is 0 Å². The molecule has 2 rings (SSSR count). The lowest BCUT2D eigenvalue weighted by Gasteiger charge is -2.28. The molecule has 17 heavy (non-hydrogen) atoms. The van der Waals surface area contributed by atoms with E-state index in [9.17, 15) is 0 Å². The first kappa shape index (κ1) is 12.6. The molecule has 1 fully saturated rings. The molecule has 0 saturated carbocycles. The molecule has 0 radical (unpaired) electrons. The summed E-state index contributed by atoms with van der Waals surface area (Å²) in [6.45, 7) is 2.68. The first-order valence-corrected chi connectivity index (χ1v) is 6.28. The highest BCUT2D eigenvalue weighted by Crippen LogP contribution is 2.18. The van der Waals surface area contributed by atoms with Crippen molar-refractivity contribution in [1.82, 2.24) is 10.2 Å². The van der Waals surface area contributed by atoms with Crippen LogP contribution in [0.5, 0.6) is 0 Å². The van der Waals surface area contributed by atoms with E-state index in [1.165, 1.54) is 0 Å². The largest absolute Gasteiger partial charge is 0.468 e. The fourth-order valence-electron chi connectivity index (χ4n) is 2.20. The van der Waals surface area contributed by atoms with Crippen LogP contribution in [0.1, 0.15) is 24.6 Å². The van der Waals surface area contributed by atoms with Crippen molar-refractivity contribution in [2.45, 2.75) is 24.9 Å². The molecule has 1 unspecified atom stereocenters. The Morgan fingerprint density at radius 2 is 2.18 bits per heavy atom. The topological polar surface area (TPSA) is 37.6 Å². The first-order chi connectivity index (χ1) is 8.27. The Morgan fingerprint density at radius 1 is 1.41 bits per heavy atom. The summed E-state index contributed by atoms with van der Waals surface area (Å²) in [6.07, 6.45) is 3.96. The molecule has 1 aliphatic rings. The number of hydrogen-bond acceptors (Lipinski definition) is 4. The van der Waals surface area contributed by atoms with Gasteiger partial charge < -0.3 is 14.5 Å². The van der Waals surface area contributed by atoms with Gasteiger partial charge in [0.1, 0.15) is 5.76 Å². The Morgan fingerprint density at radius 3 is 2.76 bits per heavy atom. The van der Waals surface area contributed by atoms with Crippen molar-refractivity contribution in [3.05, 3.63) is 24.2 Å². The summed E-state index contributed by atoms with van der Waals surface area (Å²) >= 11 is 0. The number of furan rings is 1. The van der Waals surface area contributed by atoms with Gasteiger partial charge in [-0.1, -0.05) is 0 Å². The van der Waals surface area contributed by atoms with Gasteiger partial charge in [0.05, 0.1) is 12.3 Å². The highest BCUT2D eigenvalue weighted by molar-refractivity contribution is 5.05. The molecule has 1 saturated heterocycles. The smallest absolute Gasteiger partial charge is 0.122 e. The molecule has 0 bridgehead atoms. The maximum Gasteiger partial charge on any atom is 0.122 e. The summed E-state index contributed by atoms with van der Waals surface area (Å²) in [7, 11) is 4.16. The highest BCUT2D eigenvalue weighted by atomic mass is 16.5. The fraction of sp³-hybridized carbons (Fsp3) is 0.692. The van der Waals surface area contributed by atoms with Crippen molar-refractivity contribution in [2.24, 2.45) is 0 Å². The Kier molecular flexibility index (Phi) is 4.59. The second-order valence-electron chi connectivity index (χ2n) is 4.79. The minimum atomic E-state index is 0.299. The Labute approximate surface area is 103 Å². The molecule has 1 aromatic rings. The molecule has 0 spiro atoms. The van der Waals surface area contributed by atoms with E-state index in [2.05, 4.69) is 24.3 Å². The average Bonchev–Trinajstić information content (AvgIpc) is 2.84. The van der Waals surface area contributed by atoms with Gasteiger partial charge in [-0.15, -0.1) is 0 Å². The summed E-state index contributed by atoms with van der Waals surface area (Å²) in [5.41, 5.74) is 0. The van der Waals surface area contributed by atoms with Gasteiger partial charge in [0.25, 0.3) is 0 Å². The molecule has 2 heterocycles. The molecule has 4 nitrogen and oxygen atoms in total. The van der Waals surface area contributed by atoms with E-state index in [0.29, 0.717) is 12.1 Å². The van der Waals surface area contributed by atoms with Gasteiger partial charge in [0, 0.05) is 25.8 Å². The minimum absolute atomic E-state index is 0.299. The van der Waals surface area contributed by atoms with Crippen LogP contribution in [0.15, 0.2) is 22.8 Å². The zero-order valence-corrected chi connectivity index (χ0v) is 10.7. The van der Waals surface area contributed by atoms with E-state index in [1.54, 1.807) is 6.26 Å². The van der Waals surface area contributed by atoms with E-state index in [1.807, 2.05) is 12.1 Å². The van der Waals surface area contributed by atoms with Crippen LogP contribution in [0.3, 0.4) is 0 Å². The zero-order chi connectivity index (χ0) is 12.1. The van der Waals surface area contributed by atoms with Crippen LogP contribution >= 0.6 is 0 Å². The quantitative estimate of drug-likeness (QED) is 0.846. The third kappa shape index (κ3) is 3.56. The van der Waals surface area contributed by atoms with Gasteiger partial charge in [0.2, 0.25) is 0 Å². The van der Waals surface area contributed by atoms with Crippen molar-refractivity contribution in [3.8, 4) is 0 Å². The molecule has 1 N–H and O–H groups in total. The standard InChI is InChI=1S/C13H22N2O2/c1-15(2)12(13-4-3-7-17-13)10-14-11-5-8-16-9-6-11/h3-4,7,11-12,14H,5-6,8-10H2,1-2H3. The molecular weight excluding hydrogens is 216 g/mol. The second kappa shape index (κ2) is 6.19. The summed E-state index contributed by atoms with van der Waals surface area (Å²) in [5.74, 6) is 1.02. The number of hydrogen-bond donors (Lipinski definition) is 1. The Hall–Kier alpha value is -0.840. The van der Waals surface area contributed by atoms with Gasteiger partial charge in [-0.25, -0.2) is 0 Å². The molecular formula is C13H22N2O2. The van der Waals surface area contributed by atoms with E-state index < -0.39 is 0 Å². The normalized spacial score (nSPS) is 19.7. The molecule has 0 aliphatic carbocycles.